The lowest BCUT2D eigenvalue weighted by Crippen LogP contribution is -2.51. The fourth-order valence-electron chi connectivity index (χ4n) is 4.56. The quantitative estimate of drug-likeness (QED) is 0.407. The number of hydrogen-bond acceptors (Lipinski definition) is 6. The molecular weight excluding hydrogens is 450 g/mol. The Hall–Kier alpha value is -3.45. The molecule has 3 rings (SSSR count). The number of carbonyl (C=O) groups excluding carboxylic acids is 3. The van der Waals surface area contributed by atoms with Crippen LogP contribution < -0.4 is 16.0 Å². The Morgan fingerprint density at radius 1 is 1.14 bits per heavy atom. The Bertz CT molecular complexity index is 952. The van der Waals surface area contributed by atoms with Gasteiger partial charge in [-0.05, 0) is 75.4 Å². The van der Waals surface area contributed by atoms with E-state index in [0.717, 1.165) is 38.8 Å². The molecule has 2 aliphatic rings. The van der Waals surface area contributed by atoms with Crippen molar-refractivity contribution in [3.63, 3.8) is 0 Å². The minimum Gasteiger partial charge on any atom is -0.480 e. The summed E-state index contributed by atoms with van der Waals surface area (Å²) in [5.74, 6) is -1.98. The van der Waals surface area contributed by atoms with Gasteiger partial charge in [0.05, 0.1) is 17.6 Å². The van der Waals surface area contributed by atoms with Crippen LogP contribution in [0.2, 0.25) is 0 Å². The molecule has 0 saturated carbocycles. The molecule has 0 bridgehead atoms. The molecule has 2 heterocycles. The average molecular weight is 484 g/mol. The summed E-state index contributed by atoms with van der Waals surface area (Å²) in [6.07, 6.45) is 4.87. The summed E-state index contributed by atoms with van der Waals surface area (Å²) < 4.78 is 0. The highest BCUT2D eigenvalue weighted by molar-refractivity contribution is 5.96. The van der Waals surface area contributed by atoms with E-state index < -0.39 is 23.8 Å². The monoisotopic (exact) mass is 483 g/mol. The van der Waals surface area contributed by atoms with Crippen LogP contribution in [0.5, 0.6) is 0 Å². The van der Waals surface area contributed by atoms with Crippen LogP contribution in [0.25, 0.3) is 0 Å². The Labute approximate surface area is 205 Å². The molecule has 2 fully saturated rings. The number of amides is 3. The number of aliphatic carboxylic acids is 1. The van der Waals surface area contributed by atoms with Gasteiger partial charge in [0, 0.05) is 31.6 Å². The van der Waals surface area contributed by atoms with E-state index in [4.69, 9.17) is 5.26 Å². The number of hydrogen-bond donors (Lipinski definition) is 4. The van der Waals surface area contributed by atoms with Crippen LogP contribution in [-0.2, 0) is 14.4 Å². The summed E-state index contributed by atoms with van der Waals surface area (Å²) in [7, 11) is 0. The van der Waals surface area contributed by atoms with E-state index in [1.54, 1.807) is 4.90 Å². The zero-order valence-electron chi connectivity index (χ0n) is 19.8. The standard InChI is InChI=1S/C25H33N5O5/c26-14-18-3-6-19(7-4-18)24(33)29-21(25(34)35)15-28-23(32)20-2-1-13-30(16-20)22(31)8-5-17-9-11-27-12-10-17/h3-4,6-7,17,20-21,27H,1-2,5,8-13,15-16H2,(H,28,32)(H,29,33)(H,34,35)/t20-,21+/m1/s1. The molecule has 35 heavy (non-hydrogen) atoms. The van der Waals surface area contributed by atoms with Crippen LogP contribution in [0.3, 0.4) is 0 Å². The zero-order chi connectivity index (χ0) is 25.2. The lowest BCUT2D eigenvalue weighted by atomic mass is 9.92. The van der Waals surface area contributed by atoms with Crippen LogP contribution in [-0.4, -0.2) is 72.5 Å². The number of piperidine rings is 2. The largest absolute Gasteiger partial charge is 0.480 e. The van der Waals surface area contributed by atoms with Gasteiger partial charge in [0.25, 0.3) is 5.91 Å². The van der Waals surface area contributed by atoms with Gasteiger partial charge in [-0.3, -0.25) is 14.4 Å². The Morgan fingerprint density at radius 2 is 1.86 bits per heavy atom. The van der Waals surface area contributed by atoms with Gasteiger partial charge in [0.15, 0.2) is 0 Å². The van der Waals surface area contributed by atoms with Crippen LogP contribution in [0, 0.1) is 23.2 Å². The van der Waals surface area contributed by atoms with Crippen molar-refractivity contribution in [2.24, 2.45) is 11.8 Å². The summed E-state index contributed by atoms with van der Waals surface area (Å²) >= 11 is 0. The lowest BCUT2D eigenvalue weighted by molar-refractivity contribution is -0.139. The first kappa shape index (κ1) is 26.2. The molecule has 2 atom stereocenters. The van der Waals surface area contributed by atoms with Crippen LogP contribution in [0.1, 0.15) is 54.4 Å². The molecule has 0 spiro atoms. The van der Waals surface area contributed by atoms with Crippen molar-refractivity contribution in [1.29, 1.82) is 5.26 Å². The highest BCUT2D eigenvalue weighted by atomic mass is 16.4. The Balaban J connectivity index is 1.46. The van der Waals surface area contributed by atoms with Crippen LogP contribution in [0.15, 0.2) is 24.3 Å². The van der Waals surface area contributed by atoms with Crippen molar-refractivity contribution in [3.8, 4) is 6.07 Å². The minimum absolute atomic E-state index is 0.0686. The maximum absolute atomic E-state index is 12.7. The number of carboxylic acids is 1. The fraction of sp³-hybridized carbons (Fsp3) is 0.560. The Kier molecular flexibility index (Phi) is 9.61. The predicted octanol–water partition coefficient (Wildman–Crippen LogP) is 0.876. The summed E-state index contributed by atoms with van der Waals surface area (Å²) in [5.41, 5.74) is 0.599. The van der Waals surface area contributed by atoms with Gasteiger partial charge in [0.1, 0.15) is 6.04 Å². The van der Waals surface area contributed by atoms with Gasteiger partial charge in [-0.25, -0.2) is 4.79 Å². The van der Waals surface area contributed by atoms with Crippen molar-refractivity contribution in [1.82, 2.24) is 20.9 Å². The van der Waals surface area contributed by atoms with E-state index in [1.807, 2.05) is 6.07 Å². The number of nitrogens with one attached hydrogen (secondary N) is 3. The molecule has 2 aliphatic heterocycles. The number of likely N-dealkylation sites (tertiary alicyclic amines) is 1. The van der Waals surface area contributed by atoms with E-state index in [1.165, 1.54) is 24.3 Å². The summed E-state index contributed by atoms with van der Waals surface area (Å²) in [6, 6.07) is 6.44. The summed E-state index contributed by atoms with van der Waals surface area (Å²) in [6.45, 7) is 2.68. The molecule has 0 aromatic heterocycles. The first-order chi connectivity index (χ1) is 16.9. The van der Waals surface area contributed by atoms with Crippen molar-refractivity contribution in [3.05, 3.63) is 35.4 Å². The van der Waals surface area contributed by atoms with Crippen molar-refractivity contribution in [2.75, 3.05) is 32.7 Å². The molecule has 0 unspecified atom stereocenters. The molecule has 4 N–H and O–H groups in total. The highest BCUT2D eigenvalue weighted by Gasteiger charge is 2.30. The van der Waals surface area contributed by atoms with Crippen molar-refractivity contribution < 1.29 is 24.3 Å². The third-order valence-electron chi connectivity index (χ3n) is 6.73. The number of rotatable bonds is 9. The van der Waals surface area contributed by atoms with E-state index in [-0.39, 0.29) is 23.9 Å². The van der Waals surface area contributed by atoms with Gasteiger partial charge >= 0.3 is 5.97 Å². The third-order valence-corrected chi connectivity index (χ3v) is 6.73. The third kappa shape index (κ3) is 7.79. The van der Waals surface area contributed by atoms with E-state index >= 15 is 0 Å². The SMILES string of the molecule is N#Cc1ccc(C(=O)N[C@@H](CNC(=O)[C@@H]2CCCN(C(=O)CCC3CCNCC3)C2)C(=O)O)cc1. The van der Waals surface area contributed by atoms with E-state index in [0.29, 0.717) is 37.4 Å². The van der Waals surface area contributed by atoms with Gasteiger partial charge in [-0.15, -0.1) is 0 Å². The molecule has 0 radical (unpaired) electrons. The number of benzene rings is 1. The molecule has 0 aliphatic carbocycles. The molecular formula is C25H33N5O5. The topological polar surface area (TPSA) is 152 Å². The number of carbonyl (C=O) groups is 4. The lowest BCUT2D eigenvalue weighted by Gasteiger charge is -2.33. The molecule has 188 valence electrons. The molecule has 1 aromatic carbocycles. The van der Waals surface area contributed by atoms with Crippen molar-refractivity contribution >= 4 is 23.7 Å². The Morgan fingerprint density at radius 3 is 2.51 bits per heavy atom. The summed E-state index contributed by atoms with van der Waals surface area (Å²) in [5, 5.41) is 26.7. The number of nitrogens with zero attached hydrogens (tertiary/aromatic N) is 2. The van der Waals surface area contributed by atoms with Crippen LogP contribution in [0.4, 0.5) is 0 Å². The second kappa shape index (κ2) is 12.9. The summed E-state index contributed by atoms with van der Waals surface area (Å²) in [4.78, 5) is 51.2. The van der Waals surface area contributed by atoms with E-state index in [9.17, 15) is 24.3 Å². The maximum atomic E-state index is 12.7. The molecule has 3 amide bonds. The molecule has 10 heteroatoms. The van der Waals surface area contributed by atoms with Crippen LogP contribution >= 0.6 is 0 Å². The molecule has 10 nitrogen and oxygen atoms in total. The zero-order valence-corrected chi connectivity index (χ0v) is 19.8. The second-order valence-corrected chi connectivity index (χ2v) is 9.21. The first-order valence-electron chi connectivity index (χ1n) is 12.2. The average Bonchev–Trinajstić information content (AvgIpc) is 2.89. The van der Waals surface area contributed by atoms with Crippen molar-refractivity contribution in [2.45, 2.75) is 44.6 Å². The van der Waals surface area contributed by atoms with E-state index in [2.05, 4.69) is 16.0 Å². The molecule has 1 aromatic rings. The second-order valence-electron chi connectivity index (χ2n) is 9.21. The fourth-order valence-corrected chi connectivity index (χ4v) is 4.56. The number of carboxylic acid groups (broad SMARTS) is 1. The van der Waals surface area contributed by atoms with Gasteiger partial charge in [-0.2, -0.15) is 5.26 Å². The van der Waals surface area contributed by atoms with Gasteiger partial charge < -0.3 is 26.0 Å². The highest BCUT2D eigenvalue weighted by Crippen LogP contribution is 2.21. The maximum Gasteiger partial charge on any atom is 0.328 e. The first-order valence-corrected chi connectivity index (χ1v) is 12.2. The molecule has 2 saturated heterocycles. The smallest absolute Gasteiger partial charge is 0.328 e. The normalized spacial score (nSPS) is 19.3. The number of nitriles is 1. The predicted molar refractivity (Wildman–Crippen MR) is 127 cm³/mol. The van der Waals surface area contributed by atoms with Gasteiger partial charge in [-0.1, -0.05) is 0 Å². The van der Waals surface area contributed by atoms with Gasteiger partial charge in [0.2, 0.25) is 11.8 Å². The minimum atomic E-state index is -1.31.